The molecule has 3 aliphatic rings. The van der Waals surface area contributed by atoms with Gasteiger partial charge in [0.05, 0.1) is 12.3 Å². The smallest absolute Gasteiger partial charge is 0.319 e. The van der Waals surface area contributed by atoms with Gasteiger partial charge >= 0.3 is 6.03 Å². The van der Waals surface area contributed by atoms with Crippen LogP contribution in [-0.2, 0) is 9.53 Å². The van der Waals surface area contributed by atoms with Crippen LogP contribution in [0.15, 0.2) is 112 Å². The van der Waals surface area contributed by atoms with E-state index in [1.54, 1.807) is 7.11 Å². The lowest BCUT2D eigenvalue weighted by Gasteiger charge is -2.24. The number of urea groups is 1. The highest BCUT2D eigenvalue weighted by atomic mass is 16.5. The second-order valence-electron chi connectivity index (χ2n) is 12.6. The summed E-state index contributed by atoms with van der Waals surface area (Å²) in [6.07, 6.45) is 8.76. The first-order chi connectivity index (χ1) is 22.9. The molecule has 47 heavy (non-hydrogen) atoms. The van der Waals surface area contributed by atoms with Gasteiger partial charge in [-0.15, -0.1) is 0 Å². The highest BCUT2D eigenvalue weighted by Gasteiger charge is 2.34. The van der Waals surface area contributed by atoms with Crippen molar-refractivity contribution in [2.75, 3.05) is 53.0 Å². The lowest BCUT2D eigenvalue weighted by Crippen LogP contribution is -2.41. The van der Waals surface area contributed by atoms with Crippen molar-refractivity contribution in [3.63, 3.8) is 0 Å². The summed E-state index contributed by atoms with van der Waals surface area (Å²) >= 11 is 0. The van der Waals surface area contributed by atoms with Gasteiger partial charge < -0.3 is 25.6 Å². The van der Waals surface area contributed by atoms with Crippen molar-refractivity contribution in [3.05, 3.63) is 119 Å². The Hall–Kier alpha value is -4.27. The normalized spacial score (nSPS) is 23.3. The number of carbonyl (C=O) groups excluding carboxylic acids is 2. The van der Waals surface area contributed by atoms with Crippen molar-refractivity contribution in [1.29, 1.82) is 0 Å². The SMILES string of the molecule is CCNC(=O)C1=CC(C2=NCCC(c3ccccc3)C(NC(=O)NC[C@@H]3CN(CCOC)C[C@H]3c3ccccc3)=C2C)=CC=CC1C. The fourth-order valence-corrected chi connectivity index (χ4v) is 6.96. The Kier molecular flexibility index (Phi) is 12.0. The van der Waals surface area contributed by atoms with Gasteiger partial charge in [-0.25, -0.2) is 4.79 Å². The second kappa shape index (κ2) is 16.5. The van der Waals surface area contributed by atoms with Crippen molar-refractivity contribution in [3.8, 4) is 0 Å². The van der Waals surface area contributed by atoms with Crippen molar-refractivity contribution in [1.82, 2.24) is 20.9 Å². The first-order valence-electron chi connectivity index (χ1n) is 16.9. The molecule has 3 N–H and O–H groups in total. The Labute approximate surface area is 279 Å². The molecule has 1 saturated heterocycles. The fraction of sp³-hybridized carbons (Fsp3) is 0.410. The molecular formula is C39H49N5O3. The number of carbonyl (C=O) groups is 2. The van der Waals surface area contributed by atoms with Gasteiger partial charge in [0, 0.05) is 81.0 Å². The number of hydrogen-bond acceptors (Lipinski definition) is 5. The molecule has 2 aromatic rings. The fourth-order valence-electron chi connectivity index (χ4n) is 6.96. The van der Waals surface area contributed by atoms with E-state index in [1.165, 1.54) is 5.56 Å². The summed E-state index contributed by atoms with van der Waals surface area (Å²) in [6, 6.07) is 20.7. The van der Waals surface area contributed by atoms with E-state index >= 15 is 0 Å². The third-order valence-electron chi connectivity index (χ3n) is 9.48. The van der Waals surface area contributed by atoms with Gasteiger partial charge in [0.1, 0.15) is 0 Å². The molecule has 2 aromatic carbocycles. The lowest BCUT2D eigenvalue weighted by molar-refractivity contribution is -0.117. The highest BCUT2D eigenvalue weighted by molar-refractivity contribution is 6.16. The summed E-state index contributed by atoms with van der Waals surface area (Å²) in [5, 5.41) is 9.49. The molecule has 1 aliphatic carbocycles. The number of nitrogens with zero attached hydrogens (tertiary/aromatic N) is 2. The zero-order valence-electron chi connectivity index (χ0n) is 28.2. The molecular weight excluding hydrogens is 586 g/mol. The molecule has 0 aromatic heterocycles. The van der Waals surface area contributed by atoms with E-state index in [1.807, 2.05) is 69.3 Å². The maximum Gasteiger partial charge on any atom is 0.319 e. The molecule has 0 spiro atoms. The summed E-state index contributed by atoms with van der Waals surface area (Å²) in [6.45, 7) is 11.1. The third kappa shape index (κ3) is 8.56. The Balaban J connectivity index is 1.40. The molecule has 8 nitrogen and oxygen atoms in total. The Morgan fingerprint density at radius 3 is 2.43 bits per heavy atom. The van der Waals surface area contributed by atoms with Gasteiger partial charge in [-0.1, -0.05) is 85.8 Å². The number of nitrogens with one attached hydrogen (secondary N) is 3. The topological polar surface area (TPSA) is 95.1 Å². The van der Waals surface area contributed by atoms with E-state index < -0.39 is 0 Å². The first kappa shape index (κ1) is 34.1. The first-order valence-corrected chi connectivity index (χ1v) is 16.9. The third-order valence-corrected chi connectivity index (χ3v) is 9.48. The van der Waals surface area contributed by atoms with E-state index in [0.29, 0.717) is 37.7 Å². The second-order valence-corrected chi connectivity index (χ2v) is 12.6. The summed E-state index contributed by atoms with van der Waals surface area (Å²) in [5.41, 5.74) is 6.54. The summed E-state index contributed by atoms with van der Waals surface area (Å²) < 4.78 is 5.36. The molecule has 5 rings (SSSR count). The van der Waals surface area contributed by atoms with Crippen molar-refractivity contribution in [2.45, 2.75) is 39.0 Å². The maximum absolute atomic E-state index is 13.8. The Bertz CT molecular complexity index is 1540. The lowest BCUT2D eigenvalue weighted by atomic mass is 9.88. The Morgan fingerprint density at radius 1 is 1.00 bits per heavy atom. The largest absolute Gasteiger partial charge is 0.383 e. The zero-order valence-corrected chi connectivity index (χ0v) is 28.2. The number of methoxy groups -OCH3 is 1. The van der Waals surface area contributed by atoms with Gasteiger partial charge in [0.15, 0.2) is 0 Å². The van der Waals surface area contributed by atoms with Crippen LogP contribution in [0.1, 0.15) is 50.2 Å². The van der Waals surface area contributed by atoms with Gasteiger partial charge in [0.25, 0.3) is 0 Å². The quantitative estimate of drug-likeness (QED) is 0.293. The van der Waals surface area contributed by atoms with Crippen LogP contribution < -0.4 is 16.0 Å². The number of aliphatic imine (C=N–C) groups is 1. The maximum atomic E-state index is 13.8. The minimum absolute atomic E-state index is 0.0351. The minimum atomic E-state index is -0.217. The number of benzene rings is 2. The highest BCUT2D eigenvalue weighted by Crippen LogP contribution is 2.34. The average Bonchev–Trinajstić information content (AvgIpc) is 3.31. The van der Waals surface area contributed by atoms with Crippen LogP contribution in [-0.4, -0.2) is 75.5 Å². The van der Waals surface area contributed by atoms with E-state index in [2.05, 4.69) is 57.2 Å². The van der Waals surface area contributed by atoms with E-state index in [0.717, 1.165) is 54.2 Å². The van der Waals surface area contributed by atoms with E-state index in [-0.39, 0.29) is 29.7 Å². The summed E-state index contributed by atoms with van der Waals surface area (Å²) in [5.74, 6) is 0.450. The number of allylic oxidation sites excluding steroid dienone is 7. The zero-order chi connectivity index (χ0) is 33.2. The monoisotopic (exact) mass is 635 g/mol. The number of ether oxygens (including phenoxy) is 1. The number of rotatable bonds is 11. The van der Waals surface area contributed by atoms with Crippen LogP contribution in [0.25, 0.3) is 0 Å². The molecule has 248 valence electrons. The van der Waals surface area contributed by atoms with Gasteiger partial charge in [0.2, 0.25) is 5.91 Å². The number of hydrogen-bond donors (Lipinski definition) is 3. The average molecular weight is 636 g/mol. The molecule has 0 saturated carbocycles. The summed E-state index contributed by atoms with van der Waals surface area (Å²) in [7, 11) is 1.74. The summed E-state index contributed by atoms with van der Waals surface area (Å²) in [4.78, 5) is 34.2. The van der Waals surface area contributed by atoms with Crippen LogP contribution in [0.2, 0.25) is 0 Å². The van der Waals surface area contributed by atoms with Crippen molar-refractivity contribution in [2.24, 2.45) is 16.8 Å². The molecule has 0 radical (unpaired) electrons. The van der Waals surface area contributed by atoms with Gasteiger partial charge in [-0.3, -0.25) is 9.79 Å². The van der Waals surface area contributed by atoms with Crippen LogP contribution in [0.3, 0.4) is 0 Å². The Morgan fingerprint density at radius 2 is 1.72 bits per heavy atom. The van der Waals surface area contributed by atoms with Crippen molar-refractivity contribution < 1.29 is 14.3 Å². The molecule has 2 aliphatic heterocycles. The predicted molar refractivity (Wildman–Crippen MR) is 189 cm³/mol. The van der Waals surface area contributed by atoms with Gasteiger partial charge in [-0.2, -0.15) is 0 Å². The number of amides is 3. The molecule has 1 fully saturated rings. The predicted octanol–water partition coefficient (Wildman–Crippen LogP) is 5.74. The minimum Gasteiger partial charge on any atom is -0.383 e. The van der Waals surface area contributed by atoms with E-state index in [4.69, 9.17) is 9.73 Å². The molecule has 3 amide bonds. The number of likely N-dealkylation sites (N-methyl/N-ethyl adjacent to an activating group) is 1. The molecule has 8 heteroatoms. The van der Waals surface area contributed by atoms with Crippen LogP contribution in [0, 0.1) is 11.8 Å². The molecule has 2 unspecified atom stereocenters. The van der Waals surface area contributed by atoms with Crippen LogP contribution in [0.4, 0.5) is 4.79 Å². The molecule has 4 atom stereocenters. The number of likely N-dealkylation sites (tertiary alicyclic amines) is 1. The van der Waals surface area contributed by atoms with Crippen molar-refractivity contribution >= 4 is 17.6 Å². The van der Waals surface area contributed by atoms with Gasteiger partial charge in [-0.05, 0) is 49.0 Å². The standard InChI is InChI=1S/C39H49N5O3/c1-5-40-38(45)34-23-31(18-12-13-27(34)2)36-28(3)37(33(19-20-41-36)29-14-8-6-9-15-29)43-39(46)42-24-32-25-44(21-22-47-4)26-35(32)30-16-10-7-11-17-30/h6-18,23,27,32-33,35H,5,19-22,24-26H2,1-4H3,(H,40,45)(H2,42,43,46)/t27?,32-,33?,35+/m1/s1. The van der Waals surface area contributed by atoms with Crippen LogP contribution in [0.5, 0.6) is 0 Å². The molecule has 2 heterocycles. The van der Waals surface area contributed by atoms with E-state index in [9.17, 15) is 9.59 Å². The van der Waals surface area contributed by atoms with Crippen LogP contribution >= 0.6 is 0 Å². The molecule has 0 bridgehead atoms.